The zero-order chi connectivity index (χ0) is 21.1. The molecule has 0 bridgehead atoms. The minimum Gasteiger partial charge on any atom is -0.479 e. The first kappa shape index (κ1) is 20.2. The van der Waals surface area contributed by atoms with Gasteiger partial charge >= 0.3 is 6.18 Å². The molecule has 0 aliphatic carbocycles. The van der Waals surface area contributed by atoms with Crippen LogP contribution in [0.15, 0.2) is 65.3 Å². The monoisotopic (exact) mass is 414 g/mol. The number of rotatable bonds is 3. The topological polar surface area (TPSA) is 41.9 Å². The average molecular weight is 414 g/mol. The Labute approximate surface area is 172 Å². The van der Waals surface area contributed by atoms with Gasteiger partial charge in [0.2, 0.25) is 0 Å². The van der Waals surface area contributed by atoms with E-state index in [-0.39, 0.29) is 17.4 Å². The van der Waals surface area contributed by atoms with Crippen molar-refractivity contribution in [1.82, 2.24) is 4.90 Å². The Hall–Kier alpha value is -3.09. The van der Waals surface area contributed by atoms with Gasteiger partial charge in [0.05, 0.1) is 12.1 Å². The van der Waals surface area contributed by atoms with Crippen LogP contribution in [-0.2, 0) is 10.9 Å². The number of hydrogen-bond acceptors (Lipinski definition) is 3. The first-order valence-electron chi connectivity index (χ1n) is 9.84. The molecule has 4 nitrogen and oxygen atoms in total. The van der Waals surface area contributed by atoms with Crippen molar-refractivity contribution in [3.63, 3.8) is 0 Å². The number of halogens is 3. The summed E-state index contributed by atoms with van der Waals surface area (Å²) in [5.41, 5.74) is 1.22. The van der Waals surface area contributed by atoms with Crippen molar-refractivity contribution in [2.75, 3.05) is 19.7 Å². The second-order valence-corrected chi connectivity index (χ2v) is 7.34. The Balaban J connectivity index is 1.61. The zero-order valence-corrected chi connectivity index (χ0v) is 16.2. The number of ether oxygens (including phenoxy) is 1. The predicted molar refractivity (Wildman–Crippen MR) is 108 cm³/mol. The van der Waals surface area contributed by atoms with E-state index in [2.05, 4.69) is 4.99 Å². The van der Waals surface area contributed by atoms with Crippen molar-refractivity contribution in [2.24, 2.45) is 10.9 Å². The number of nitrogens with zero attached hydrogens (tertiary/aromatic N) is 2. The Morgan fingerprint density at radius 2 is 1.83 bits per heavy atom. The first-order chi connectivity index (χ1) is 14.4. The molecule has 1 saturated heterocycles. The average Bonchev–Trinajstić information content (AvgIpc) is 3.28. The molecular formula is C23H21F3N2O2. The maximum Gasteiger partial charge on any atom is 0.416 e. The van der Waals surface area contributed by atoms with Crippen LogP contribution in [-0.4, -0.2) is 36.4 Å². The second kappa shape index (κ2) is 8.34. The fraction of sp³-hybridized carbons (Fsp3) is 0.304. The van der Waals surface area contributed by atoms with Crippen LogP contribution in [0.5, 0.6) is 0 Å². The number of allylic oxidation sites excluding steroid dienone is 1. The fourth-order valence-electron chi connectivity index (χ4n) is 3.77. The SMILES string of the molecule is O=C(c1ccc(C(F)(F)F)cc1)N1CCC(C2=NCCO2)CC1=Cc1ccccc1. The van der Waals surface area contributed by atoms with E-state index in [4.69, 9.17) is 4.74 Å². The highest BCUT2D eigenvalue weighted by molar-refractivity contribution is 5.96. The van der Waals surface area contributed by atoms with Crippen molar-refractivity contribution in [3.05, 3.63) is 77.0 Å². The minimum absolute atomic E-state index is 0.0964. The Kier molecular flexibility index (Phi) is 5.61. The van der Waals surface area contributed by atoms with Crippen LogP contribution in [0.1, 0.15) is 34.3 Å². The van der Waals surface area contributed by atoms with Crippen LogP contribution in [0.4, 0.5) is 13.2 Å². The number of aliphatic imine (C=N–C) groups is 1. The van der Waals surface area contributed by atoms with Crippen LogP contribution in [0, 0.1) is 5.92 Å². The number of likely N-dealkylation sites (tertiary alicyclic amines) is 1. The molecule has 30 heavy (non-hydrogen) atoms. The van der Waals surface area contributed by atoms with Crippen molar-refractivity contribution in [2.45, 2.75) is 19.0 Å². The van der Waals surface area contributed by atoms with Crippen LogP contribution < -0.4 is 0 Å². The predicted octanol–water partition coefficient (Wildman–Crippen LogP) is 5.03. The zero-order valence-electron chi connectivity index (χ0n) is 16.2. The molecule has 156 valence electrons. The summed E-state index contributed by atoms with van der Waals surface area (Å²) in [5, 5.41) is 0. The molecule has 0 spiro atoms. The fourth-order valence-corrected chi connectivity index (χ4v) is 3.77. The third-order valence-corrected chi connectivity index (χ3v) is 5.30. The molecule has 1 fully saturated rings. The molecule has 2 aromatic rings. The molecule has 0 aromatic heterocycles. The van der Waals surface area contributed by atoms with E-state index in [1.54, 1.807) is 4.90 Å². The minimum atomic E-state index is -4.43. The van der Waals surface area contributed by atoms with Gasteiger partial charge in [-0.2, -0.15) is 13.2 Å². The summed E-state index contributed by atoms with van der Waals surface area (Å²) in [4.78, 5) is 19.2. The number of alkyl halides is 3. The molecule has 1 atom stereocenters. The van der Waals surface area contributed by atoms with Gasteiger partial charge in [-0.25, -0.2) is 0 Å². The Bertz CT molecular complexity index is 966. The second-order valence-electron chi connectivity index (χ2n) is 7.34. The molecule has 4 rings (SSSR count). The maximum absolute atomic E-state index is 13.1. The van der Waals surface area contributed by atoms with E-state index in [0.29, 0.717) is 32.5 Å². The van der Waals surface area contributed by atoms with E-state index >= 15 is 0 Å². The van der Waals surface area contributed by atoms with Crippen LogP contribution in [0.25, 0.3) is 6.08 Å². The van der Waals surface area contributed by atoms with E-state index in [1.807, 2.05) is 36.4 Å². The highest BCUT2D eigenvalue weighted by Gasteiger charge is 2.33. The third-order valence-electron chi connectivity index (χ3n) is 5.30. The number of benzene rings is 2. The van der Waals surface area contributed by atoms with Gasteiger partial charge in [-0.1, -0.05) is 30.3 Å². The summed E-state index contributed by atoms with van der Waals surface area (Å²) >= 11 is 0. The molecule has 0 N–H and O–H groups in total. The highest BCUT2D eigenvalue weighted by atomic mass is 19.4. The quantitative estimate of drug-likeness (QED) is 0.707. The van der Waals surface area contributed by atoms with E-state index < -0.39 is 11.7 Å². The summed E-state index contributed by atoms with van der Waals surface area (Å²) in [6.45, 7) is 1.68. The normalized spacial score (nSPS) is 20.8. The molecule has 2 heterocycles. The van der Waals surface area contributed by atoms with Gasteiger partial charge in [-0.15, -0.1) is 0 Å². The van der Waals surface area contributed by atoms with Gasteiger partial charge in [-0.3, -0.25) is 9.79 Å². The summed E-state index contributed by atoms with van der Waals surface area (Å²) < 4.78 is 44.2. The standard InChI is InChI=1S/C23H21F3N2O2/c24-23(25,26)19-8-6-17(7-9-19)22(29)28-12-10-18(21-27-11-13-30-21)15-20(28)14-16-4-2-1-3-5-16/h1-9,14,18H,10-13,15H2. The third kappa shape index (κ3) is 4.40. The molecule has 2 aliphatic rings. The lowest BCUT2D eigenvalue weighted by Crippen LogP contribution is -2.38. The lowest BCUT2D eigenvalue weighted by Gasteiger charge is -2.34. The van der Waals surface area contributed by atoms with E-state index in [9.17, 15) is 18.0 Å². The van der Waals surface area contributed by atoms with Gasteiger partial charge in [0.25, 0.3) is 5.91 Å². The molecular weight excluding hydrogens is 393 g/mol. The van der Waals surface area contributed by atoms with Crippen molar-refractivity contribution in [1.29, 1.82) is 0 Å². The Morgan fingerprint density at radius 1 is 1.10 bits per heavy atom. The molecule has 0 radical (unpaired) electrons. The van der Waals surface area contributed by atoms with Gasteiger partial charge < -0.3 is 9.64 Å². The van der Waals surface area contributed by atoms with Crippen LogP contribution >= 0.6 is 0 Å². The van der Waals surface area contributed by atoms with Gasteiger partial charge in [0.1, 0.15) is 6.61 Å². The smallest absolute Gasteiger partial charge is 0.416 e. The summed E-state index contributed by atoms with van der Waals surface area (Å²) in [5.74, 6) is 0.522. The largest absolute Gasteiger partial charge is 0.479 e. The number of carbonyl (C=O) groups excluding carboxylic acids is 1. The molecule has 2 aliphatic heterocycles. The van der Waals surface area contributed by atoms with Gasteiger partial charge in [0, 0.05) is 23.7 Å². The van der Waals surface area contributed by atoms with Crippen LogP contribution in [0.3, 0.4) is 0 Å². The van der Waals surface area contributed by atoms with E-state index in [1.165, 1.54) is 12.1 Å². The van der Waals surface area contributed by atoms with Crippen LogP contribution in [0.2, 0.25) is 0 Å². The number of hydrogen-bond donors (Lipinski definition) is 0. The first-order valence-corrected chi connectivity index (χ1v) is 9.84. The number of carbonyl (C=O) groups is 1. The van der Waals surface area contributed by atoms with Crippen molar-refractivity contribution < 1.29 is 22.7 Å². The highest BCUT2D eigenvalue weighted by Crippen LogP contribution is 2.32. The summed E-state index contributed by atoms with van der Waals surface area (Å²) in [6.07, 6.45) is -1.21. The molecule has 1 amide bonds. The van der Waals surface area contributed by atoms with E-state index in [0.717, 1.165) is 29.3 Å². The van der Waals surface area contributed by atoms with Gasteiger partial charge in [-0.05, 0) is 48.7 Å². The Morgan fingerprint density at radius 3 is 2.47 bits per heavy atom. The maximum atomic E-state index is 13.1. The molecule has 2 aromatic carbocycles. The summed E-state index contributed by atoms with van der Waals surface area (Å²) in [6, 6.07) is 14.0. The van der Waals surface area contributed by atoms with Crippen molar-refractivity contribution >= 4 is 17.9 Å². The molecule has 7 heteroatoms. The molecule has 1 unspecified atom stereocenters. The lowest BCUT2D eigenvalue weighted by molar-refractivity contribution is -0.137. The lowest BCUT2D eigenvalue weighted by atomic mass is 9.92. The number of amides is 1. The van der Waals surface area contributed by atoms with Crippen molar-refractivity contribution in [3.8, 4) is 0 Å². The van der Waals surface area contributed by atoms with Gasteiger partial charge in [0.15, 0.2) is 5.90 Å². The molecule has 0 saturated carbocycles. The summed E-state index contributed by atoms with van der Waals surface area (Å²) in [7, 11) is 0. The number of piperidine rings is 1.